The number of hydrogen-bond donors (Lipinski definition) is 1. The van der Waals surface area contributed by atoms with Gasteiger partial charge in [-0.05, 0) is 17.8 Å². The van der Waals surface area contributed by atoms with Crippen LogP contribution in [-0.2, 0) is 0 Å². The van der Waals surface area contributed by atoms with E-state index in [-0.39, 0.29) is 0 Å². The zero-order chi connectivity index (χ0) is 6.91. The maximum Gasteiger partial charge on any atom is 0.176 e. The van der Waals surface area contributed by atoms with Crippen LogP contribution < -0.4 is 5.32 Å². The highest BCUT2D eigenvalue weighted by Crippen LogP contribution is 2.50. The first-order valence-electron chi connectivity index (χ1n) is 3.29. The molecule has 2 heteroatoms. The molecule has 0 aliphatic heterocycles. The first-order valence-corrected chi connectivity index (χ1v) is 3.29. The van der Waals surface area contributed by atoms with Crippen LogP contribution in [0.4, 0.5) is 0 Å². The highest BCUT2D eigenvalue weighted by molar-refractivity contribution is 4.97. The molecule has 1 aliphatic rings. The average Bonchev–Trinajstić information content (AvgIpc) is 2.35. The van der Waals surface area contributed by atoms with Crippen molar-refractivity contribution >= 4 is 0 Å². The fourth-order valence-corrected chi connectivity index (χ4v) is 1.09. The monoisotopic (exact) mass is 124 g/mol. The van der Waals surface area contributed by atoms with Crippen LogP contribution in [-0.4, -0.2) is 6.54 Å². The van der Waals surface area contributed by atoms with Crippen molar-refractivity contribution < 1.29 is 0 Å². The molecule has 0 bridgehead atoms. The largest absolute Gasteiger partial charge is 0.324 e. The highest BCUT2D eigenvalue weighted by atomic mass is 14.9. The van der Waals surface area contributed by atoms with Gasteiger partial charge < -0.3 is 5.32 Å². The molecular weight excluding hydrogens is 112 g/mol. The first-order chi connectivity index (χ1) is 4.17. The second kappa shape index (κ2) is 1.91. The van der Waals surface area contributed by atoms with Gasteiger partial charge in [-0.2, -0.15) is 5.26 Å². The molecule has 0 radical (unpaired) electrons. The zero-order valence-electron chi connectivity index (χ0n) is 5.94. The van der Waals surface area contributed by atoms with E-state index in [1.54, 1.807) is 0 Å². The van der Waals surface area contributed by atoms with Gasteiger partial charge in [-0.15, -0.1) is 0 Å². The number of rotatable bonds is 2. The second-order valence-electron chi connectivity index (χ2n) is 3.38. The summed E-state index contributed by atoms with van der Waals surface area (Å²) in [6.45, 7) is 5.33. The molecule has 0 spiro atoms. The molecule has 1 aliphatic carbocycles. The first kappa shape index (κ1) is 6.41. The predicted molar refractivity (Wildman–Crippen MR) is 35.5 cm³/mol. The fraction of sp³-hybridized carbons (Fsp3) is 0.857. The van der Waals surface area contributed by atoms with Crippen LogP contribution in [0.25, 0.3) is 0 Å². The molecule has 0 heterocycles. The molecule has 1 fully saturated rings. The van der Waals surface area contributed by atoms with Crippen LogP contribution in [0.15, 0.2) is 0 Å². The average molecular weight is 124 g/mol. The van der Waals surface area contributed by atoms with E-state index in [2.05, 4.69) is 19.2 Å². The van der Waals surface area contributed by atoms with Gasteiger partial charge in [0.25, 0.3) is 0 Å². The molecule has 0 aromatic carbocycles. The van der Waals surface area contributed by atoms with Gasteiger partial charge >= 0.3 is 0 Å². The minimum atomic E-state index is 0.504. The Morgan fingerprint density at radius 1 is 1.78 bits per heavy atom. The summed E-state index contributed by atoms with van der Waals surface area (Å²) in [6.07, 6.45) is 3.19. The van der Waals surface area contributed by atoms with Crippen molar-refractivity contribution in [3.63, 3.8) is 0 Å². The van der Waals surface area contributed by atoms with Crippen molar-refractivity contribution in [1.82, 2.24) is 5.32 Å². The van der Waals surface area contributed by atoms with Gasteiger partial charge in [0.15, 0.2) is 6.19 Å². The molecule has 1 rings (SSSR count). The Kier molecular flexibility index (Phi) is 1.36. The molecule has 1 unspecified atom stereocenters. The van der Waals surface area contributed by atoms with Gasteiger partial charge in [-0.3, -0.25) is 0 Å². The van der Waals surface area contributed by atoms with E-state index < -0.39 is 0 Å². The van der Waals surface area contributed by atoms with Crippen LogP contribution in [0.1, 0.15) is 20.3 Å². The third-order valence-electron chi connectivity index (χ3n) is 2.15. The number of nitriles is 1. The third-order valence-corrected chi connectivity index (χ3v) is 2.15. The molecule has 9 heavy (non-hydrogen) atoms. The predicted octanol–water partition coefficient (Wildman–Crippen LogP) is 1.10. The van der Waals surface area contributed by atoms with E-state index >= 15 is 0 Å². The maximum atomic E-state index is 8.15. The van der Waals surface area contributed by atoms with E-state index in [0.29, 0.717) is 5.41 Å². The summed E-state index contributed by atoms with van der Waals surface area (Å²) in [5.41, 5.74) is 0.504. The van der Waals surface area contributed by atoms with Crippen molar-refractivity contribution in [1.29, 1.82) is 5.26 Å². The van der Waals surface area contributed by atoms with Crippen LogP contribution >= 0.6 is 0 Å². The van der Waals surface area contributed by atoms with Gasteiger partial charge in [0.2, 0.25) is 0 Å². The van der Waals surface area contributed by atoms with E-state index in [4.69, 9.17) is 5.26 Å². The lowest BCUT2D eigenvalue weighted by atomic mass is 10.1. The molecule has 1 N–H and O–H groups in total. The smallest absolute Gasteiger partial charge is 0.176 e. The Balaban J connectivity index is 2.14. The lowest BCUT2D eigenvalue weighted by Gasteiger charge is -1.99. The molecule has 0 amide bonds. The Morgan fingerprint density at radius 2 is 2.33 bits per heavy atom. The summed E-state index contributed by atoms with van der Waals surface area (Å²) in [5, 5.41) is 10.8. The minimum absolute atomic E-state index is 0.504. The molecule has 0 aromatic rings. The van der Waals surface area contributed by atoms with Crippen LogP contribution in [0, 0.1) is 22.8 Å². The lowest BCUT2D eigenvalue weighted by Crippen LogP contribution is -2.11. The van der Waals surface area contributed by atoms with Crippen molar-refractivity contribution in [3.8, 4) is 6.19 Å². The van der Waals surface area contributed by atoms with E-state index in [1.165, 1.54) is 6.42 Å². The molecule has 50 valence electrons. The molecular formula is C7H12N2. The second-order valence-corrected chi connectivity index (χ2v) is 3.38. The summed E-state index contributed by atoms with van der Waals surface area (Å²) in [5.74, 6) is 0.733. The van der Waals surface area contributed by atoms with E-state index in [1.807, 2.05) is 6.19 Å². The number of nitrogens with one attached hydrogen (secondary N) is 1. The summed E-state index contributed by atoms with van der Waals surface area (Å²) < 4.78 is 0. The maximum absolute atomic E-state index is 8.15. The quantitative estimate of drug-likeness (QED) is 0.442. The van der Waals surface area contributed by atoms with Gasteiger partial charge in [0, 0.05) is 6.54 Å². The van der Waals surface area contributed by atoms with Crippen molar-refractivity contribution in [3.05, 3.63) is 0 Å². The van der Waals surface area contributed by atoms with Crippen LogP contribution in [0.5, 0.6) is 0 Å². The summed E-state index contributed by atoms with van der Waals surface area (Å²) in [6, 6.07) is 0. The lowest BCUT2D eigenvalue weighted by molar-refractivity contribution is 0.548. The standard InChI is InChI=1S/C7H12N2/c1-7(2)3-6(7)4-9-5-8/h6,9H,3-4H2,1-2H3. The zero-order valence-corrected chi connectivity index (χ0v) is 5.94. The number of nitrogens with zero attached hydrogens (tertiary/aromatic N) is 1. The Morgan fingerprint density at radius 3 is 2.67 bits per heavy atom. The highest BCUT2D eigenvalue weighted by Gasteiger charge is 2.44. The third kappa shape index (κ3) is 1.35. The number of hydrogen-bond acceptors (Lipinski definition) is 2. The van der Waals surface area contributed by atoms with Crippen LogP contribution in [0.2, 0.25) is 0 Å². The van der Waals surface area contributed by atoms with Crippen LogP contribution in [0.3, 0.4) is 0 Å². The van der Waals surface area contributed by atoms with Crippen molar-refractivity contribution in [2.24, 2.45) is 11.3 Å². The Hall–Kier alpha value is -0.710. The van der Waals surface area contributed by atoms with Crippen molar-refractivity contribution in [2.45, 2.75) is 20.3 Å². The molecule has 1 saturated carbocycles. The molecule has 0 aromatic heterocycles. The summed E-state index contributed by atoms with van der Waals surface area (Å²) >= 11 is 0. The van der Waals surface area contributed by atoms with Gasteiger partial charge in [-0.1, -0.05) is 13.8 Å². The Bertz CT molecular complexity index is 143. The normalized spacial score (nSPS) is 28.8. The summed E-state index contributed by atoms with van der Waals surface area (Å²) in [7, 11) is 0. The van der Waals surface area contributed by atoms with Gasteiger partial charge in [0.05, 0.1) is 0 Å². The SMILES string of the molecule is CC1(C)CC1CNC#N. The van der Waals surface area contributed by atoms with Gasteiger partial charge in [0.1, 0.15) is 0 Å². The van der Waals surface area contributed by atoms with Crippen molar-refractivity contribution in [2.75, 3.05) is 6.54 Å². The van der Waals surface area contributed by atoms with E-state index in [0.717, 1.165) is 12.5 Å². The topological polar surface area (TPSA) is 35.8 Å². The summed E-state index contributed by atoms with van der Waals surface area (Å²) in [4.78, 5) is 0. The Labute approximate surface area is 55.9 Å². The fourth-order valence-electron chi connectivity index (χ4n) is 1.09. The molecule has 0 saturated heterocycles. The van der Waals surface area contributed by atoms with E-state index in [9.17, 15) is 0 Å². The van der Waals surface area contributed by atoms with Gasteiger partial charge in [-0.25, -0.2) is 0 Å². The minimum Gasteiger partial charge on any atom is -0.324 e. The molecule has 2 nitrogen and oxygen atoms in total. The molecule has 1 atom stereocenters.